The summed E-state index contributed by atoms with van der Waals surface area (Å²) in [5.74, 6) is 6.58. The van der Waals surface area contributed by atoms with Crippen molar-refractivity contribution in [2.24, 2.45) is 5.84 Å². The predicted octanol–water partition coefficient (Wildman–Crippen LogP) is 1.75. The van der Waals surface area contributed by atoms with Crippen molar-refractivity contribution in [3.63, 3.8) is 0 Å². The molecule has 5 N–H and O–H groups in total. The van der Waals surface area contributed by atoms with Crippen LogP contribution < -0.4 is 21.7 Å². The number of rotatable bonds is 3. The number of hydrazine groups is 1. The van der Waals surface area contributed by atoms with Gasteiger partial charge in [0.25, 0.3) is 0 Å². The molecule has 18 heavy (non-hydrogen) atoms. The number of nitrogen functional groups attached to an aromatic ring is 2. The van der Waals surface area contributed by atoms with Crippen molar-refractivity contribution in [2.45, 2.75) is 13.8 Å². The molecule has 0 saturated heterocycles. The maximum absolute atomic E-state index is 5.83. The van der Waals surface area contributed by atoms with Gasteiger partial charge in [-0.05, 0) is 37.1 Å². The van der Waals surface area contributed by atoms with Crippen molar-refractivity contribution in [3.8, 4) is 11.6 Å². The van der Waals surface area contributed by atoms with Crippen LogP contribution in [0.1, 0.15) is 11.1 Å². The van der Waals surface area contributed by atoms with Crippen molar-refractivity contribution in [3.05, 3.63) is 35.7 Å². The Labute approximate surface area is 105 Å². The largest absolute Gasteiger partial charge is 0.437 e. The lowest BCUT2D eigenvalue weighted by molar-refractivity contribution is 0.464. The maximum Gasteiger partial charge on any atom is 0.248 e. The molecule has 0 spiro atoms. The number of aryl methyl sites for hydroxylation is 2. The van der Waals surface area contributed by atoms with E-state index in [-0.39, 0.29) is 11.6 Å². The summed E-state index contributed by atoms with van der Waals surface area (Å²) in [4.78, 5) is 7.87. The second-order valence-corrected chi connectivity index (χ2v) is 4.01. The minimum atomic E-state index is 0.277. The Kier molecular flexibility index (Phi) is 3.29. The van der Waals surface area contributed by atoms with Gasteiger partial charge in [0.1, 0.15) is 17.8 Å². The van der Waals surface area contributed by atoms with Gasteiger partial charge in [-0.25, -0.2) is 10.8 Å². The van der Waals surface area contributed by atoms with Gasteiger partial charge in [-0.2, -0.15) is 4.98 Å². The summed E-state index contributed by atoms with van der Waals surface area (Å²) in [6.07, 6.45) is 1.34. The summed E-state index contributed by atoms with van der Waals surface area (Å²) in [7, 11) is 0. The minimum Gasteiger partial charge on any atom is -0.437 e. The highest BCUT2D eigenvalue weighted by Gasteiger charge is 2.09. The number of benzene rings is 1. The Bertz CT molecular complexity index is 550. The molecule has 0 bridgehead atoms. The van der Waals surface area contributed by atoms with E-state index in [4.69, 9.17) is 16.3 Å². The highest BCUT2D eigenvalue weighted by molar-refractivity contribution is 5.66. The standard InChI is InChI=1S/C12H15N5O/c1-7-3-8(2)5-9(4-7)18-12-10(13)11(17-14)15-6-16-12/h3-6H,13-14H2,1-2H3,(H,15,16,17). The van der Waals surface area contributed by atoms with Crippen molar-refractivity contribution in [2.75, 3.05) is 11.2 Å². The second kappa shape index (κ2) is 4.89. The lowest BCUT2D eigenvalue weighted by Crippen LogP contribution is -2.12. The number of aromatic nitrogens is 2. The third kappa shape index (κ3) is 2.49. The number of nitrogens with one attached hydrogen (secondary N) is 1. The summed E-state index contributed by atoms with van der Waals surface area (Å²) >= 11 is 0. The van der Waals surface area contributed by atoms with Crippen LogP contribution in [-0.4, -0.2) is 9.97 Å². The van der Waals surface area contributed by atoms with Crippen LogP contribution in [0.15, 0.2) is 24.5 Å². The molecular weight excluding hydrogens is 230 g/mol. The molecule has 2 aromatic rings. The second-order valence-electron chi connectivity index (χ2n) is 4.01. The fourth-order valence-corrected chi connectivity index (χ4v) is 1.68. The molecule has 0 amide bonds. The Morgan fingerprint density at radius 1 is 1.11 bits per heavy atom. The molecule has 0 saturated carbocycles. The molecule has 0 fully saturated rings. The third-order valence-electron chi connectivity index (χ3n) is 2.39. The summed E-state index contributed by atoms with van der Waals surface area (Å²) in [5.41, 5.74) is 10.7. The Balaban J connectivity index is 2.34. The fraction of sp³-hybridized carbons (Fsp3) is 0.167. The first kappa shape index (κ1) is 12.1. The maximum atomic E-state index is 5.83. The highest BCUT2D eigenvalue weighted by Crippen LogP contribution is 2.29. The van der Waals surface area contributed by atoms with Crippen LogP contribution in [-0.2, 0) is 0 Å². The molecule has 2 rings (SSSR count). The molecule has 1 aromatic carbocycles. The van der Waals surface area contributed by atoms with E-state index >= 15 is 0 Å². The first-order chi connectivity index (χ1) is 8.60. The normalized spacial score (nSPS) is 10.2. The van der Waals surface area contributed by atoms with Crippen LogP contribution in [0.5, 0.6) is 11.6 Å². The van der Waals surface area contributed by atoms with E-state index in [0.717, 1.165) is 11.1 Å². The zero-order valence-electron chi connectivity index (χ0n) is 10.3. The Morgan fingerprint density at radius 2 is 1.78 bits per heavy atom. The van der Waals surface area contributed by atoms with Gasteiger partial charge in [0, 0.05) is 0 Å². The smallest absolute Gasteiger partial charge is 0.248 e. The summed E-state index contributed by atoms with van der Waals surface area (Å²) in [5, 5.41) is 0. The average molecular weight is 245 g/mol. The first-order valence-electron chi connectivity index (χ1n) is 5.43. The van der Waals surface area contributed by atoms with Crippen LogP contribution in [0.2, 0.25) is 0 Å². The quantitative estimate of drug-likeness (QED) is 0.563. The lowest BCUT2D eigenvalue weighted by atomic mass is 10.1. The average Bonchev–Trinajstić information content (AvgIpc) is 2.30. The van der Waals surface area contributed by atoms with E-state index in [9.17, 15) is 0 Å². The number of hydrogen-bond donors (Lipinski definition) is 3. The molecular formula is C12H15N5O. The SMILES string of the molecule is Cc1cc(C)cc(Oc2ncnc(NN)c2N)c1. The number of ether oxygens (including phenoxy) is 1. The molecule has 1 heterocycles. The zero-order valence-corrected chi connectivity index (χ0v) is 10.3. The molecule has 0 aliphatic carbocycles. The molecule has 0 atom stereocenters. The van der Waals surface area contributed by atoms with Gasteiger partial charge in [-0.3, -0.25) is 0 Å². The van der Waals surface area contributed by atoms with E-state index in [1.165, 1.54) is 6.33 Å². The van der Waals surface area contributed by atoms with Crippen molar-refractivity contribution < 1.29 is 4.74 Å². The molecule has 6 nitrogen and oxygen atoms in total. The number of anilines is 2. The summed E-state index contributed by atoms with van der Waals surface area (Å²) in [6.45, 7) is 3.99. The Morgan fingerprint density at radius 3 is 2.39 bits per heavy atom. The fourth-order valence-electron chi connectivity index (χ4n) is 1.68. The first-order valence-corrected chi connectivity index (χ1v) is 5.43. The van der Waals surface area contributed by atoms with Crippen molar-refractivity contribution in [1.82, 2.24) is 9.97 Å². The van der Waals surface area contributed by atoms with Gasteiger partial charge in [-0.1, -0.05) is 6.07 Å². The topological polar surface area (TPSA) is 99.1 Å². The molecule has 1 aromatic heterocycles. The van der Waals surface area contributed by atoms with E-state index in [1.807, 2.05) is 26.0 Å². The van der Waals surface area contributed by atoms with Crippen molar-refractivity contribution >= 4 is 11.5 Å². The van der Waals surface area contributed by atoms with Gasteiger partial charge in [0.15, 0.2) is 5.82 Å². The minimum absolute atomic E-state index is 0.277. The number of hydrogen-bond acceptors (Lipinski definition) is 6. The van der Waals surface area contributed by atoms with Gasteiger partial charge >= 0.3 is 0 Å². The van der Waals surface area contributed by atoms with Crippen LogP contribution in [0, 0.1) is 13.8 Å². The van der Waals surface area contributed by atoms with Crippen LogP contribution in [0.25, 0.3) is 0 Å². The van der Waals surface area contributed by atoms with E-state index < -0.39 is 0 Å². The number of nitrogens with two attached hydrogens (primary N) is 2. The molecule has 0 unspecified atom stereocenters. The van der Waals surface area contributed by atoms with E-state index in [2.05, 4.69) is 21.5 Å². The molecule has 0 radical (unpaired) electrons. The van der Waals surface area contributed by atoms with Crippen LogP contribution in [0.4, 0.5) is 11.5 Å². The zero-order chi connectivity index (χ0) is 13.1. The van der Waals surface area contributed by atoms with Crippen LogP contribution in [0.3, 0.4) is 0 Å². The van der Waals surface area contributed by atoms with E-state index in [0.29, 0.717) is 11.6 Å². The highest BCUT2D eigenvalue weighted by atomic mass is 16.5. The summed E-state index contributed by atoms with van der Waals surface area (Å²) in [6, 6.07) is 5.87. The molecule has 0 aliphatic heterocycles. The van der Waals surface area contributed by atoms with Gasteiger partial charge in [0.2, 0.25) is 5.88 Å². The van der Waals surface area contributed by atoms with Gasteiger partial charge in [0.05, 0.1) is 0 Å². The third-order valence-corrected chi connectivity index (χ3v) is 2.39. The van der Waals surface area contributed by atoms with Crippen LogP contribution >= 0.6 is 0 Å². The van der Waals surface area contributed by atoms with Crippen molar-refractivity contribution in [1.29, 1.82) is 0 Å². The lowest BCUT2D eigenvalue weighted by Gasteiger charge is -2.10. The van der Waals surface area contributed by atoms with Gasteiger partial charge in [-0.15, -0.1) is 0 Å². The molecule has 0 aliphatic rings. The van der Waals surface area contributed by atoms with Gasteiger partial charge < -0.3 is 15.9 Å². The molecule has 6 heteroatoms. The monoisotopic (exact) mass is 245 g/mol. The number of nitrogens with zero attached hydrogens (tertiary/aromatic N) is 2. The van der Waals surface area contributed by atoms with E-state index in [1.54, 1.807) is 0 Å². The molecule has 94 valence electrons. The summed E-state index contributed by atoms with van der Waals surface area (Å²) < 4.78 is 5.64. The predicted molar refractivity (Wildman–Crippen MR) is 70.2 cm³/mol. The Hall–Kier alpha value is -2.34.